The summed E-state index contributed by atoms with van der Waals surface area (Å²) in [4.78, 5) is 33.0. The number of amides is 1. The first kappa shape index (κ1) is 18.0. The number of para-hydroxylation sites is 2. The third-order valence-electron chi connectivity index (χ3n) is 5.43. The smallest absolute Gasteiger partial charge is 0.297 e. The number of halogens is 1. The summed E-state index contributed by atoms with van der Waals surface area (Å²) in [7, 11) is 0. The van der Waals surface area contributed by atoms with E-state index in [2.05, 4.69) is 4.98 Å². The summed E-state index contributed by atoms with van der Waals surface area (Å²) in [5.74, 6) is -0.948. The molecule has 0 aliphatic carbocycles. The van der Waals surface area contributed by atoms with E-state index < -0.39 is 17.8 Å². The number of fused-ring (bicyclic) bond motifs is 3. The molecule has 5 nitrogen and oxygen atoms in total. The fourth-order valence-corrected chi connectivity index (χ4v) is 5.06. The molecule has 1 atom stereocenters. The van der Waals surface area contributed by atoms with E-state index in [1.165, 1.54) is 28.4 Å². The van der Waals surface area contributed by atoms with Crippen LogP contribution in [0, 0.1) is 5.82 Å². The minimum atomic E-state index is -0.834. The van der Waals surface area contributed by atoms with Crippen molar-refractivity contribution >= 4 is 43.6 Å². The lowest BCUT2D eigenvalue weighted by Gasteiger charge is -2.22. The first-order valence-electron chi connectivity index (χ1n) is 9.62. The van der Waals surface area contributed by atoms with E-state index in [-0.39, 0.29) is 16.8 Å². The summed E-state index contributed by atoms with van der Waals surface area (Å²) >= 11 is 1.34. The Kier molecular flexibility index (Phi) is 3.82. The van der Waals surface area contributed by atoms with Crippen molar-refractivity contribution in [2.24, 2.45) is 0 Å². The normalized spacial score (nSPS) is 15.7. The summed E-state index contributed by atoms with van der Waals surface area (Å²) in [6, 6.07) is 19.4. The maximum atomic E-state index is 14.1. The second-order valence-electron chi connectivity index (χ2n) is 7.27. The molecule has 150 valence electrons. The molecule has 0 bridgehead atoms. The molecule has 3 aromatic carbocycles. The molecule has 6 rings (SSSR count). The number of rotatable bonds is 2. The van der Waals surface area contributed by atoms with Crippen LogP contribution in [0.5, 0.6) is 0 Å². The van der Waals surface area contributed by atoms with E-state index >= 15 is 0 Å². The highest BCUT2D eigenvalue weighted by Crippen LogP contribution is 2.43. The van der Waals surface area contributed by atoms with Crippen LogP contribution in [-0.2, 0) is 0 Å². The molecule has 1 aliphatic heterocycles. The first-order valence-corrected chi connectivity index (χ1v) is 10.4. The number of nitrogens with zero attached hydrogens (tertiary/aromatic N) is 2. The lowest BCUT2D eigenvalue weighted by molar-refractivity contribution is 0.0971. The van der Waals surface area contributed by atoms with E-state index in [4.69, 9.17) is 4.42 Å². The Labute approximate surface area is 179 Å². The van der Waals surface area contributed by atoms with Gasteiger partial charge in [-0.1, -0.05) is 47.7 Å². The number of carbonyl (C=O) groups is 1. The van der Waals surface area contributed by atoms with Gasteiger partial charge >= 0.3 is 0 Å². The minimum Gasteiger partial charge on any atom is -0.450 e. The quantitative estimate of drug-likeness (QED) is 0.383. The molecular weight excluding hydrogens is 415 g/mol. The molecule has 3 heterocycles. The molecule has 0 saturated carbocycles. The number of anilines is 1. The van der Waals surface area contributed by atoms with Crippen LogP contribution >= 0.6 is 11.3 Å². The molecule has 2 aromatic heterocycles. The van der Waals surface area contributed by atoms with Crippen LogP contribution in [-0.4, -0.2) is 10.9 Å². The fraction of sp³-hybridized carbons (Fsp3) is 0.0417. The van der Waals surface area contributed by atoms with Crippen molar-refractivity contribution in [3.8, 4) is 0 Å². The molecule has 5 aromatic rings. The van der Waals surface area contributed by atoms with Gasteiger partial charge in [-0.3, -0.25) is 14.5 Å². The zero-order valence-corrected chi connectivity index (χ0v) is 16.7. The molecule has 1 amide bonds. The van der Waals surface area contributed by atoms with Crippen LogP contribution in [0.15, 0.2) is 82.0 Å². The number of aromatic nitrogens is 1. The number of thiazole rings is 1. The predicted molar refractivity (Wildman–Crippen MR) is 117 cm³/mol. The first-order chi connectivity index (χ1) is 15.1. The number of hydrogen-bond acceptors (Lipinski definition) is 5. The maximum Gasteiger partial charge on any atom is 0.297 e. The summed E-state index contributed by atoms with van der Waals surface area (Å²) < 4.78 is 20.9. The van der Waals surface area contributed by atoms with Crippen LogP contribution < -0.4 is 10.3 Å². The van der Waals surface area contributed by atoms with Crippen molar-refractivity contribution in [1.29, 1.82) is 0 Å². The molecule has 0 radical (unpaired) electrons. The number of carbonyl (C=O) groups excluding carboxylic acids is 1. The summed E-state index contributed by atoms with van der Waals surface area (Å²) in [5, 5.41) is 0.803. The molecule has 0 spiro atoms. The minimum absolute atomic E-state index is 0.0304. The molecular formula is C24H13FN2O3S. The Balaban J connectivity index is 1.66. The van der Waals surface area contributed by atoms with Gasteiger partial charge in [0.1, 0.15) is 11.4 Å². The molecule has 0 unspecified atom stereocenters. The van der Waals surface area contributed by atoms with Gasteiger partial charge in [0.05, 0.1) is 27.2 Å². The van der Waals surface area contributed by atoms with Crippen molar-refractivity contribution in [2.75, 3.05) is 4.90 Å². The lowest BCUT2D eigenvalue weighted by Crippen LogP contribution is -2.29. The number of benzene rings is 3. The van der Waals surface area contributed by atoms with Crippen LogP contribution in [0.4, 0.5) is 9.52 Å². The van der Waals surface area contributed by atoms with Crippen LogP contribution in [0.25, 0.3) is 21.2 Å². The van der Waals surface area contributed by atoms with E-state index in [0.29, 0.717) is 21.7 Å². The zero-order valence-electron chi connectivity index (χ0n) is 15.9. The van der Waals surface area contributed by atoms with Crippen molar-refractivity contribution < 1.29 is 13.6 Å². The van der Waals surface area contributed by atoms with Gasteiger partial charge in [0.25, 0.3) is 5.91 Å². The van der Waals surface area contributed by atoms with Gasteiger partial charge in [-0.2, -0.15) is 0 Å². The predicted octanol–water partition coefficient (Wildman–Crippen LogP) is 5.29. The van der Waals surface area contributed by atoms with Crippen molar-refractivity contribution in [3.63, 3.8) is 0 Å². The van der Waals surface area contributed by atoms with Gasteiger partial charge in [-0.25, -0.2) is 9.37 Å². The average molecular weight is 428 g/mol. The van der Waals surface area contributed by atoms with Gasteiger partial charge in [-0.15, -0.1) is 0 Å². The van der Waals surface area contributed by atoms with Gasteiger partial charge in [0.2, 0.25) is 5.76 Å². The molecule has 31 heavy (non-hydrogen) atoms. The molecule has 0 N–H and O–H groups in total. The van der Waals surface area contributed by atoms with Gasteiger partial charge in [0.15, 0.2) is 10.6 Å². The van der Waals surface area contributed by atoms with Crippen LogP contribution in [0.2, 0.25) is 0 Å². The Morgan fingerprint density at radius 1 is 0.968 bits per heavy atom. The molecule has 7 heteroatoms. The Morgan fingerprint density at radius 3 is 2.61 bits per heavy atom. The van der Waals surface area contributed by atoms with Crippen molar-refractivity contribution in [1.82, 2.24) is 4.98 Å². The third-order valence-corrected chi connectivity index (χ3v) is 6.47. The van der Waals surface area contributed by atoms with E-state index in [1.807, 2.05) is 24.3 Å². The van der Waals surface area contributed by atoms with Gasteiger partial charge in [0, 0.05) is 0 Å². The average Bonchev–Trinajstić information content (AvgIpc) is 3.33. The summed E-state index contributed by atoms with van der Waals surface area (Å²) in [5.41, 5.74) is 1.46. The molecule has 0 fully saturated rings. The Morgan fingerprint density at radius 2 is 1.77 bits per heavy atom. The van der Waals surface area contributed by atoms with Gasteiger partial charge < -0.3 is 4.42 Å². The summed E-state index contributed by atoms with van der Waals surface area (Å²) in [6.45, 7) is 0. The Bertz CT molecular complexity index is 1540. The highest BCUT2D eigenvalue weighted by molar-refractivity contribution is 7.22. The van der Waals surface area contributed by atoms with Crippen LogP contribution in [0.1, 0.15) is 27.7 Å². The SMILES string of the molecule is O=C1c2oc3ccccc3c(=O)c2[C@H](c2cccc(F)c2)N1c1nc2ccccc2s1. The molecule has 0 saturated heterocycles. The fourth-order valence-electron chi connectivity index (χ4n) is 4.07. The van der Waals surface area contributed by atoms with Crippen molar-refractivity contribution in [3.05, 3.63) is 106 Å². The maximum absolute atomic E-state index is 14.1. The second-order valence-corrected chi connectivity index (χ2v) is 8.28. The monoisotopic (exact) mass is 428 g/mol. The highest BCUT2D eigenvalue weighted by Gasteiger charge is 2.45. The van der Waals surface area contributed by atoms with E-state index in [0.717, 1.165) is 10.2 Å². The molecule has 1 aliphatic rings. The Hall–Kier alpha value is -3.84. The third kappa shape index (κ3) is 2.63. The van der Waals surface area contributed by atoms with Gasteiger partial charge in [-0.05, 0) is 42.0 Å². The standard InChI is InChI=1S/C24H13FN2O3S/c25-14-7-5-6-13(12-14)20-19-21(28)15-8-1-3-10-17(15)30-22(19)23(29)27(20)24-26-16-9-2-4-11-18(16)31-24/h1-12,20H/t20-/m0/s1. The van der Waals surface area contributed by atoms with Crippen molar-refractivity contribution in [2.45, 2.75) is 6.04 Å². The summed E-state index contributed by atoms with van der Waals surface area (Å²) in [6.07, 6.45) is 0. The number of hydrogen-bond donors (Lipinski definition) is 0. The largest absolute Gasteiger partial charge is 0.450 e. The lowest BCUT2D eigenvalue weighted by atomic mass is 9.98. The zero-order chi connectivity index (χ0) is 21.1. The topological polar surface area (TPSA) is 63.4 Å². The van der Waals surface area contributed by atoms with Crippen LogP contribution in [0.3, 0.4) is 0 Å². The van der Waals surface area contributed by atoms with E-state index in [1.54, 1.807) is 36.4 Å². The highest BCUT2D eigenvalue weighted by atomic mass is 32.1. The van der Waals surface area contributed by atoms with E-state index in [9.17, 15) is 14.0 Å². The second kappa shape index (κ2) is 6.58.